The summed E-state index contributed by atoms with van der Waals surface area (Å²) in [6.45, 7) is 4.47. The van der Waals surface area contributed by atoms with Crippen molar-refractivity contribution >= 4 is 11.6 Å². The van der Waals surface area contributed by atoms with Gasteiger partial charge in [0.05, 0.1) is 12.0 Å². The average Bonchev–Trinajstić information content (AvgIpc) is 3.30. The molecule has 3 aromatic rings. The highest BCUT2D eigenvalue weighted by molar-refractivity contribution is 5.76. The van der Waals surface area contributed by atoms with Gasteiger partial charge in [0, 0.05) is 62.3 Å². The van der Waals surface area contributed by atoms with Gasteiger partial charge < -0.3 is 9.47 Å². The molecule has 7 nitrogen and oxygen atoms in total. The van der Waals surface area contributed by atoms with Crippen LogP contribution < -0.4 is 0 Å². The van der Waals surface area contributed by atoms with Gasteiger partial charge >= 0.3 is 0 Å². The Balaban J connectivity index is 1.32. The SMILES string of the molecule is Cc1cc2nccc(C3CCN(C(=O)CCCn4ccnc4)CC3)n2n1. The molecule has 0 aromatic carbocycles. The Labute approximate surface area is 152 Å². The molecule has 3 aromatic heterocycles. The van der Waals surface area contributed by atoms with E-state index in [1.807, 2.05) is 39.4 Å². The molecule has 0 aliphatic carbocycles. The topological polar surface area (TPSA) is 68.3 Å². The quantitative estimate of drug-likeness (QED) is 0.707. The molecule has 0 bridgehead atoms. The molecular formula is C19H24N6O. The van der Waals surface area contributed by atoms with Gasteiger partial charge in [0.25, 0.3) is 0 Å². The van der Waals surface area contributed by atoms with Gasteiger partial charge in [0.1, 0.15) is 0 Å². The third-order valence-electron chi connectivity index (χ3n) is 5.14. The molecular weight excluding hydrogens is 328 g/mol. The zero-order valence-electron chi connectivity index (χ0n) is 15.1. The summed E-state index contributed by atoms with van der Waals surface area (Å²) in [5.41, 5.74) is 3.09. The lowest BCUT2D eigenvalue weighted by atomic mass is 9.93. The molecule has 0 saturated carbocycles. The van der Waals surface area contributed by atoms with Crippen molar-refractivity contribution in [2.75, 3.05) is 13.1 Å². The van der Waals surface area contributed by atoms with Crippen molar-refractivity contribution in [2.24, 2.45) is 0 Å². The lowest BCUT2D eigenvalue weighted by Gasteiger charge is -2.32. The lowest BCUT2D eigenvalue weighted by Crippen LogP contribution is -2.38. The minimum absolute atomic E-state index is 0.262. The fraction of sp³-hybridized carbons (Fsp3) is 0.474. The molecule has 136 valence electrons. The summed E-state index contributed by atoms with van der Waals surface area (Å²) >= 11 is 0. The van der Waals surface area contributed by atoms with Crippen molar-refractivity contribution in [3.63, 3.8) is 0 Å². The first-order valence-corrected chi connectivity index (χ1v) is 9.25. The number of hydrogen-bond acceptors (Lipinski definition) is 4. The van der Waals surface area contributed by atoms with Crippen LogP contribution in [0.1, 0.15) is 43.0 Å². The molecule has 26 heavy (non-hydrogen) atoms. The second kappa shape index (κ2) is 7.27. The number of carbonyl (C=O) groups is 1. The molecule has 4 heterocycles. The molecule has 0 spiro atoms. The Hall–Kier alpha value is -2.70. The Morgan fingerprint density at radius 1 is 1.27 bits per heavy atom. The van der Waals surface area contributed by atoms with Gasteiger partial charge in [-0.1, -0.05) is 0 Å². The van der Waals surface area contributed by atoms with Crippen molar-refractivity contribution in [1.82, 2.24) is 29.0 Å². The Kier molecular flexibility index (Phi) is 4.69. The molecule has 1 aliphatic rings. The zero-order chi connectivity index (χ0) is 17.9. The number of carbonyl (C=O) groups excluding carboxylic acids is 1. The first kappa shape index (κ1) is 16.8. The van der Waals surface area contributed by atoms with Crippen LogP contribution >= 0.6 is 0 Å². The number of nitrogens with zero attached hydrogens (tertiary/aromatic N) is 6. The largest absolute Gasteiger partial charge is 0.343 e. The predicted molar refractivity (Wildman–Crippen MR) is 97.7 cm³/mol. The Morgan fingerprint density at radius 3 is 2.88 bits per heavy atom. The smallest absolute Gasteiger partial charge is 0.222 e. The predicted octanol–water partition coefficient (Wildman–Crippen LogP) is 2.42. The van der Waals surface area contributed by atoms with Crippen molar-refractivity contribution in [1.29, 1.82) is 0 Å². The number of amides is 1. The van der Waals surface area contributed by atoms with Crippen molar-refractivity contribution in [3.8, 4) is 0 Å². The summed E-state index contributed by atoms with van der Waals surface area (Å²) in [7, 11) is 0. The number of imidazole rings is 1. The van der Waals surface area contributed by atoms with Gasteiger partial charge in [-0.15, -0.1) is 0 Å². The first-order valence-electron chi connectivity index (χ1n) is 9.25. The van der Waals surface area contributed by atoms with Gasteiger partial charge in [-0.2, -0.15) is 5.10 Å². The molecule has 1 saturated heterocycles. The van der Waals surface area contributed by atoms with E-state index >= 15 is 0 Å². The highest BCUT2D eigenvalue weighted by Gasteiger charge is 2.25. The van der Waals surface area contributed by atoms with Crippen LogP contribution in [0.4, 0.5) is 0 Å². The van der Waals surface area contributed by atoms with E-state index < -0.39 is 0 Å². The van der Waals surface area contributed by atoms with Crippen LogP contribution in [0.15, 0.2) is 37.1 Å². The molecule has 1 amide bonds. The van der Waals surface area contributed by atoms with Gasteiger partial charge in [-0.3, -0.25) is 4.79 Å². The normalized spacial score (nSPS) is 15.7. The van der Waals surface area contributed by atoms with E-state index in [-0.39, 0.29) is 5.91 Å². The highest BCUT2D eigenvalue weighted by Crippen LogP contribution is 2.28. The van der Waals surface area contributed by atoms with E-state index in [9.17, 15) is 4.79 Å². The van der Waals surface area contributed by atoms with E-state index in [0.717, 1.165) is 50.2 Å². The van der Waals surface area contributed by atoms with Gasteiger partial charge in [-0.05, 0) is 32.3 Å². The maximum Gasteiger partial charge on any atom is 0.222 e. The molecule has 7 heteroatoms. The van der Waals surface area contributed by atoms with Gasteiger partial charge in [0.2, 0.25) is 5.91 Å². The fourth-order valence-corrected chi connectivity index (χ4v) is 3.75. The molecule has 0 N–H and O–H groups in total. The van der Waals surface area contributed by atoms with Crippen LogP contribution in [-0.2, 0) is 11.3 Å². The second-order valence-electron chi connectivity index (χ2n) is 6.98. The standard InChI is InChI=1S/C19H24N6O/c1-15-13-18-21-7-4-17(25(18)22-15)16-5-10-24(11-6-16)19(26)3-2-9-23-12-8-20-14-23/h4,7-8,12-14,16H,2-3,5-6,9-11H2,1H3. The van der Waals surface area contributed by atoms with Crippen molar-refractivity contribution in [2.45, 2.75) is 45.1 Å². The minimum Gasteiger partial charge on any atom is -0.343 e. The number of rotatable bonds is 5. The number of aryl methyl sites for hydroxylation is 2. The summed E-state index contributed by atoms with van der Waals surface area (Å²) in [5, 5.41) is 4.57. The maximum absolute atomic E-state index is 12.5. The molecule has 1 fully saturated rings. The van der Waals surface area contributed by atoms with Crippen LogP contribution in [0.25, 0.3) is 5.65 Å². The molecule has 4 rings (SSSR count). The van der Waals surface area contributed by atoms with E-state index in [1.165, 1.54) is 5.69 Å². The van der Waals surface area contributed by atoms with E-state index in [1.54, 1.807) is 12.5 Å². The van der Waals surface area contributed by atoms with Crippen LogP contribution in [0.2, 0.25) is 0 Å². The highest BCUT2D eigenvalue weighted by atomic mass is 16.2. The number of likely N-dealkylation sites (tertiary alicyclic amines) is 1. The third-order valence-corrected chi connectivity index (χ3v) is 5.14. The summed E-state index contributed by atoms with van der Waals surface area (Å²) in [6.07, 6.45) is 10.8. The van der Waals surface area contributed by atoms with Crippen LogP contribution in [0.5, 0.6) is 0 Å². The summed E-state index contributed by atoms with van der Waals surface area (Å²) in [4.78, 5) is 22.9. The van der Waals surface area contributed by atoms with E-state index in [2.05, 4.69) is 21.1 Å². The monoisotopic (exact) mass is 352 g/mol. The second-order valence-corrected chi connectivity index (χ2v) is 6.98. The maximum atomic E-state index is 12.5. The summed E-state index contributed by atoms with van der Waals surface area (Å²) in [5.74, 6) is 0.688. The molecule has 1 aliphatic heterocycles. The number of hydrogen-bond donors (Lipinski definition) is 0. The summed E-state index contributed by atoms with van der Waals surface area (Å²) in [6, 6.07) is 4.06. The summed E-state index contributed by atoms with van der Waals surface area (Å²) < 4.78 is 3.98. The van der Waals surface area contributed by atoms with Crippen molar-refractivity contribution in [3.05, 3.63) is 48.4 Å². The van der Waals surface area contributed by atoms with Crippen LogP contribution in [0.3, 0.4) is 0 Å². The minimum atomic E-state index is 0.262. The average molecular weight is 352 g/mol. The first-order chi connectivity index (χ1) is 12.7. The molecule has 0 unspecified atom stereocenters. The van der Waals surface area contributed by atoms with E-state index in [4.69, 9.17) is 0 Å². The van der Waals surface area contributed by atoms with E-state index in [0.29, 0.717) is 12.3 Å². The molecule has 0 atom stereocenters. The van der Waals surface area contributed by atoms with Crippen molar-refractivity contribution < 1.29 is 4.79 Å². The van der Waals surface area contributed by atoms with Crippen LogP contribution in [0, 0.1) is 6.92 Å². The zero-order valence-corrected chi connectivity index (χ0v) is 15.1. The number of aromatic nitrogens is 5. The Morgan fingerprint density at radius 2 is 2.12 bits per heavy atom. The Bertz CT molecular complexity index is 877. The number of fused-ring (bicyclic) bond motifs is 1. The van der Waals surface area contributed by atoms with Gasteiger partial charge in [0.15, 0.2) is 5.65 Å². The van der Waals surface area contributed by atoms with Gasteiger partial charge in [-0.25, -0.2) is 14.5 Å². The fourth-order valence-electron chi connectivity index (χ4n) is 3.75. The van der Waals surface area contributed by atoms with Crippen LogP contribution in [-0.4, -0.2) is 48.0 Å². The number of piperidine rings is 1. The lowest BCUT2D eigenvalue weighted by molar-refractivity contribution is -0.132. The third kappa shape index (κ3) is 3.47. The molecule has 0 radical (unpaired) electrons.